The molecule has 1 aliphatic rings. The second-order valence-electron chi connectivity index (χ2n) is 5.55. The maximum atomic E-state index is 6.07. The van der Waals surface area contributed by atoms with Crippen molar-refractivity contribution >= 4 is 17.4 Å². The molecule has 1 aliphatic heterocycles. The summed E-state index contributed by atoms with van der Waals surface area (Å²) in [6, 6.07) is 2.55. The predicted octanol–water partition coefficient (Wildman–Crippen LogP) is 3.06. The third-order valence-corrected chi connectivity index (χ3v) is 4.37. The third kappa shape index (κ3) is 2.62. The quantitative estimate of drug-likeness (QED) is 0.896. The van der Waals surface area contributed by atoms with Gasteiger partial charge in [0.1, 0.15) is 5.82 Å². The fourth-order valence-electron chi connectivity index (χ4n) is 2.80. The molecule has 2 heterocycles. The average molecular weight is 268 g/mol. The van der Waals surface area contributed by atoms with Crippen LogP contribution in [0.3, 0.4) is 0 Å². The van der Waals surface area contributed by atoms with E-state index in [1.54, 1.807) is 6.20 Å². The van der Waals surface area contributed by atoms with Crippen molar-refractivity contribution in [2.24, 2.45) is 17.6 Å². The minimum absolute atomic E-state index is 0.460. The van der Waals surface area contributed by atoms with Crippen molar-refractivity contribution in [3.05, 3.63) is 22.8 Å². The maximum Gasteiger partial charge on any atom is 0.129 e. The van der Waals surface area contributed by atoms with E-state index in [9.17, 15) is 0 Å². The average Bonchev–Trinajstić information content (AvgIpc) is 2.34. The largest absolute Gasteiger partial charge is 0.353 e. The Morgan fingerprint density at radius 3 is 2.83 bits per heavy atom. The molecule has 2 N–H and O–H groups in total. The molecule has 3 unspecified atom stereocenters. The molecule has 1 aromatic heterocycles. The highest BCUT2D eigenvalue weighted by atomic mass is 35.5. The summed E-state index contributed by atoms with van der Waals surface area (Å²) in [7, 11) is 0. The van der Waals surface area contributed by atoms with Crippen molar-refractivity contribution in [3.63, 3.8) is 0 Å². The number of anilines is 1. The van der Waals surface area contributed by atoms with Gasteiger partial charge in [-0.3, -0.25) is 0 Å². The second-order valence-corrected chi connectivity index (χ2v) is 5.96. The maximum absolute atomic E-state index is 6.07. The van der Waals surface area contributed by atoms with Gasteiger partial charge < -0.3 is 10.6 Å². The normalized spacial score (nSPS) is 28.5. The Bertz CT molecular complexity index is 422. The molecule has 3 nitrogen and oxygen atoms in total. The zero-order valence-electron chi connectivity index (χ0n) is 11.4. The Hall–Kier alpha value is -0.800. The smallest absolute Gasteiger partial charge is 0.129 e. The van der Waals surface area contributed by atoms with E-state index in [0.29, 0.717) is 29.4 Å². The highest BCUT2D eigenvalue weighted by molar-refractivity contribution is 6.31. The van der Waals surface area contributed by atoms with Gasteiger partial charge in [0.15, 0.2) is 0 Å². The summed E-state index contributed by atoms with van der Waals surface area (Å²) in [6.07, 6.45) is 3.00. The molecule has 0 amide bonds. The number of pyridine rings is 1. The first-order valence-electron chi connectivity index (χ1n) is 6.64. The van der Waals surface area contributed by atoms with Crippen molar-refractivity contribution in [2.45, 2.75) is 39.8 Å². The molecule has 0 aliphatic carbocycles. The Morgan fingerprint density at radius 2 is 2.17 bits per heavy atom. The monoisotopic (exact) mass is 267 g/mol. The van der Waals surface area contributed by atoms with Crippen LogP contribution < -0.4 is 10.6 Å². The van der Waals surface area contributed by atoms with Gasteiger partial charge in [-0.05, 0) is 36.8 Å². The zero-order chi connectivity index (χ0) is 13.3. The minimum Gasteiger partial charge on any atom is -0.353 e. The number of nitrogens with zero attached hydrogens (tertiary/aromatic N) is 2. The zero-order valence-corrected chi connectivity index (χ0v) is 12.1. The first-order valence-corrected chi connectivity index (χ1v) is 7.01. The molecule has 0 saturated carbocycles. The number of nitrogens with two attached hydrogens (primary N) is 1. The van der Waals surface area contributed by atoms with E-state index in [0.717, 1.165) is 17.9 Å². The number of halogens is 1. The predicted molar refractivity (Wildman–Crippen MR) is 76.9 cm³/mol. The lowest BCUT2D eigenvalue weighted by Crippen LogP contribution is -2.46. The number of piperidine rings is 1. The highest BCUT2D eigenvalue weighted by Crippen LogP contribution is 2.31. The minimum atomic E-state index is 0.460. The fraction of sp³-hybridized carbons (Fsp3) is 0.643. The van der Waals surface area contributed by atoms with Crippen LogP contribution in [0.5, 0.6) is 0 Å². The summed E-state index contributed by atoms with van der Waals surface area (Å²) >= 11 is 6.07. The topological polar surface area (TPSA) is 42.1 Å². The summed E-state index contributed by atoms with van der Waals surface area (Å²) in [6.45, 7) is 8.41. The summed E-state index contributed by atoms with van der Waals surface area (Å²) in [5, 5.41) is 0.659. The van der Waals surface area contributed by atoms with E-state index in [1.807, 2.05) is 6.07 Å². The number of rotatable bonds is 2. The Labute approximate surface area is 114 Å². The SMILES string of the molecule is CC1CC(C)C(C)N(c2cc(CN)c(Cl)cn2)C1. The van der Waals surface area contributed by atoms with E-state index in [4.69, 9.17) is 17.3 Å². The molecule has 2 rings (SSSR count). The van der Waals surface area contributed by atoms with Gasteiger partial charge in [0, 0.05) is 25.3 Å². The summed E-state index contributed by atoms with van der Waals surface area (Å²) in [4.78, 5) is 6.85. The molecule has 0 radical (unpaired) electrons. The van der Waals surface area contributed by atoms with Gasteiger partial charge in [0.25, 0.3) is 0 Å². The summed E-state index contributed by atoms with van der Waals surface area (Å²) in [5.41, 5.74) is 6.68. The molecule has 0 spiro atoms. The lowest BCUT2D eigenvalue weighted by atomic mass is 9.86. The van der Waals surface area contributed by atoms with Crippen molar-refractivity contribution < 1.29 is 0 Å². The Balaban J connectivity index is 2.29. The van der Waals surface area contributed by atoms with Crippen LogP contribution in [0.25, 0.3) is 0 Å². The van der Waals surface area contributed by atoms with Crippen LogP contribution in [-0.4, -0.2) is 17.6 Å². The molecular formula is C14H22ClN3. The van der Waals surface area contributed by atoms with Crippen molar-refractivity contribution in [2.75, 3.05) is 11.4 Å². The van der Waals surface area contributed by atoms with E-state index >= 15 is 0 Å². The van der Waals surface area contributed by atoms with E-state index in [-0.39, 0.29) is 0 Å². The van der Waals surface area contributed by atoms with Crippen LogP contribution >= 0.6 is 11.6 Å². The fourth-order valence-corrected chi connectivity index (χ4v) is 2.98. The van der Waals surface area contributed by atoms with Gasteiger partial charge in [-0.15, -0.1) is 0 Å². The van der Waals surface area contributed by atoms with E-state index < -0.39 is 0 Å². The van der Waals surface area contributed by atoms with Gasteiger partial charge >= 0.3 is 0 Å². The molecular weight excluding hydrogens is 246 g/mol. The number of hydrogen-bond donors (Lipinski definition) is 1. The molecule has 0 bridgehead atoms. The molecule has 100 valence electrons. The molecule has 0 aromatic carbocycles. The first-order chi connectivity index (χ1) is 8.52. The van der Waals surface area contributed by atoms with Crippen LogP contribution in [0, 0.1) is 11.8 Å². The van der Waals surface area contributed by atoms with Crippen LogP contribution in [-0.2, 0) is 6.54 Å². The van der Waals surface area contributed by atoms with E-state index in [2.05, 4.69) is 30.7 Å². The van der Waals surface area contributed by atoms with Crippen LogP contribution in [0.4, 0.5) is 5.82 Å². The Morgan fingerprint density at radius 1 is 1.44 bits per heavy atom. The van der Waals surface area contributed by atoms with Crippen molar-refractivity contribution in [1.82, 2.24) is 4.98 Å². The first kappa shape index (κ1) is 13.6. The highest BCUT2D eigenvalue weighted by Gasteiger charge is 2.29. The van der Waals surface area contributed by atoms with Gasteiger partial charge in [-0.25, -0.2) is 4.98 Å². The van der Waals surface area contributed by atoms with Gasteiger partial charge in [-0.2, -0.15) is 0 Å². The van der Waals surface area contributed by atoms with Crippen LogP contribution in [0.2, 0.25) is 5.02 Å². The molecule has 1 fully saturated rings. The van der Waals surface area contributed by atoms with Gasteiger partial charge in [0.05, 0.1) is 5.02 Å². The molecule has 4 heteroatoms. The lowest BCUT2D eigenvalue weighted by Gasteiger charge is -2.42. The summed E-state index contributed by atoms with van der Waals surface area (Å²) in [5.74, 6) is 2.40. The van der Waals surface area contributed by atoms with Crippen molar-refractivity contribution in [3.8, 4) is 0 Å². The molecule has 1 saturated heterocycles. The molecule has 18 heavy (non-hydrogen) atoms. The van der Waals surface area contributed by atoms with Crippen molar-refractivity contribution in [1.29, 1.82) is 0 Å². The number of hydrogen-bond acceptors (Lipinski definition) is 3. The standard InChI is InChI=1S/C14H22ClN3/c1-9-4-10(2)11(3)18(8-9)14-5-12(6-16)13(15)7-17-14/h5,7,9-11H,4,6,8,16H2,1-3H3. The van der Waals surface area contributed by atoms with Crippen LogP contribution in [0.1, 0.15) is 32.8 Å². The van der Waals surface area contributed by atoms with Crippen LogP contribution in [0.15, 0.2) is 12.3 Å². The second kappa shape index (κ2) is 5.45. The van der Waals surface area contributed by atoms with Gasteiger partial charge in [0.2, 0.25) is 0 Å². The van der Waals surface area contributed by atoms with Gasteiger partial charge in [-0.1, -0.05) is 25.4 Å². The Kier molecular flexibility index (Phi) is 4.13. The number of aromatic nitrogens is 1. The third-order valence-electron chi connectivity index (χ3n) is 4.03. The summed E-state index contributed by atoms with van der Waals surface area (Å²) < 4.78 is 0. The van der Waals surface area contributed by atoms with E-state index in [1.165, 1.54) is 6.42 Å². The lowest BCUT2D eigenvalue weighted by molar-refractivity contribution is 0.295. The molecule has 1 aromatic rings. The molecule has 3 atom stereocenters.